The molecule has 26 heavy (non-hydrogen) atoms. The van der Waals surface area contributed by atoms with Crippen LogP contribution in [-0.2, 0) is 0 Å². The van der Waals surface area contributed by atoms with Gasteiger partial charge >= 0.3 is 0 Å². The Balaban J connectivity index is 1.70. The Kier molecular flexibility index (Phi) is 3.55. The summed E-state index contributed by atoms with van der Waals surface area (Å²) < 4.78 is 6.77. The number of nitrogens with zero attached hydrogens (tertiary/aromatic N) is 2. The number of fused-ring (bicyclic) bond motifs is 2. The highest BCUT2D eigenvalue weighted by Gasteiger charge is 2.16. The van der Waals surface area contributed by atoms with Gasteiger partial charge in [-0.05, 0) is 37.6 Å². The molecule has 0 unspecified atom stereocenters. The van der Waals surface area contributed by atoms with Gasteiger partial charge in [0.1, 0.15) is 0 Å². The van der Waals surface area contributed by atoms with Gasteiger partial charge in [-0.2, -0.15) is 0 Å². The zero-order valence-electron chi connectivity index (χ0n) is 14.2. The van der Waals surface area contributed by atoms with Gasteiger partial charge in [-0.1, -0.05) is 0 Å². The fourth-order valence-electron chi connectivity index (χ4n) is 3.29. The normalized spacial score (nSPS) is 11.5. The Morgan fingerprint density at radius 2 is 2.04 bits per heavy atom. The number of thiophene rings is 2. The van der Waals surface area contributed by atoms with Crippen LogP contribution in [-0.4, -0.2) is 9.97 Å². The molecule has 0 atom stereocenters. The minimum absolute atomic E-state index is 0.730. The third kappa shape index (κ3) is 2.41. The van der Waals surface area contributed by atoms with E-state index in [0.29, 0.717) is 0 Å². The van der Waals surface area contributed by atoms with Gasteiger partial charge in [0.2, 0.25) is 0 Å². The van der Waals surface area contributed by atoms with E-state index in [1.807, 2.05) is 35.9 Å². The molecular formula is C20H15N3OS2. The van der Waals surface area contributed by atoms with Crippen LogP contribution in [0, 0.1) is 13.8 Å². The standard InChI is InChI=1S/C20H15N3OS2/c1-11-7-14(12(2)26-11)15-8-21-9-17-18(15)16(10-25-17)23-20-19-13(3-5-22-20)4-6-24-19/h3-10H,1-2H3,(H,22,23). The number of rotatable bonds is 3. The largest absolute Gasteiger partial charge is 0.460 e. The Morgan fingerprint density at radius 3 is 2.88 bits per heavy atom. The van der Waals surface area contributed by atoms with Gasteiger partial charge in [-0.25, -0.2) is 4.98 Å². The summed E-state index contributed by atoms with van der Waals surface area (Å²) >= 11 is 3.50. The van der Waals surface area contributed by atoms with Gasteiger partial charge < -0.3 is 9.73 Å². The SMILES string of the molecule is Cc1cc(-c2cncc3scc(Nc4nccc5ccoc45)c23)c(C)s1. The van der Waals surface area contributed by atoms with Crippen molar-refractivity contribution >= 4 is 55.2 Å². The number of hydrogen-bond acceptors (Lipinski definition) is 6. The topological polar surface area (TPSA) is 51.0 Å². The molecule has 0 aliphatic carbocycles. The summed E-state index contributed by atoms with van der Waals surface area (Å²) in [7, 11) is 0. The highest BCUT2D eigenvalue weighted by Crippen LogP contribution is 2.41. The van der Waals surface area contributed by atoms with Crippen LogP contribution in [0.4, 0.5) is 11.5 Å². The molecule has 5 aromatic rings. The fraction of sp³-hybridized carbons (Fsp3) is 0.100. The van der Waals surface area contributed by atoms with E-state index in [9.17, 15) is 0 Å². The van der Waals surface area contributed by atoms with E-state index in [4.69, 9.17) is 4.42 Å². The van der Waals surface area contributed by atoms with Crippen molar-refractivity contribution in [3.8, 4) is 11.1 Å². The van der Waals surface area contributed by atoms with Crippen molar-refractivity contribution in [2.24, 2.45) is 0 Å². The van der Waals surface area contributed by atoms with Crippen molar-refractivity contribution in [3.63, 3.8) is 0 Å². The number of aryl methyl sites for hydroxylation is 2. The zero-order chi connectivity index (χ0) is 17.7. The molecule has 6 heteroatoms. The summed E-state index contributed by atoms with van der Waals surface area (Å²) in [5.41, 5.74) is 4.20. The summed E-state index contributed by atoms with van der Waals surface area (Å²) in [6.45, 7) is 4.31. The second kappa shape index (κ2) is 5.93. The molecule has 0 aliphatic heterocycles. The maximum Gasteiger partial charge on any atom is 0.176 e. The number of hydrogen-bond donors (Lipinski definition) is 1. The Hall–Kier alpha value is -2.70. The molecule has 0 aliphatic rings. The van der Waals surface area contributed by atoms with Crippen LogP contribution >= 0.6 is 22.7 Å². The highest BCUT2D eigenvalue weighted by molar-refractivity contribution is 7.18. The van der Waals surface area contributed by atoms with Crippen molar-refractivity contribution in [3.05, 3.63) is 58.2 Å². The summed E-state index contributed by atoms with van der Waals surface area (Å²) in [5, 5.41) is 7.81. The molecule has 4 nitrogen and oxygen atoms in total. The smallest absolute Gasteiger partial charge is 0.176 e. The van der Waals surface area contributed by atoms with Crippen LogP contribution in [0.1, 0.15) is 9.75 Å². The minimum atomic E-state index is 0.730. The number of anilines is 2. The molecule has 0 saturated heterocycles. The Labute approximate surface area is 158 Å². The van der Waals surface area contributed by atoms with Crippen LogP contribution < -0.4 is 5.32 Å². The number of pyridine rings is 2. The molecule has 0 radical (unpaired) electrons. The van der Waals surface area contributed by atoms with Crippen LogP contribution in [0.3, 0.4) is 0 Å². The molecule has 5 aromatic heterocycles. The van der Waals surface area contributed by atoms with Crippen LogP contribution in [0.25, 0.3) is 32.2 Å². The van der Waals surface area contributed by atoms with Gasteiger partial charge in [0.25, 0.3) is 0 Å². The third-order valence-electron chi connectivity index (χ3n) is 4.44. The van der Waals surface area contributed by atoms with Crippen molar-refractivity contribution in [1.82, 2.24) is 9.97 Å². The molecule has 5 heterocycles. The summed E-state index contributed by atoms with van der Waals surface area (Å²) in [6.07, 6.45) is 7.36. The van der Waals surface area contributed by atoms with Crippen LogP contribution in [0.2, 0.25) is 0 Å². The summed E-state index contributed by atoms with van der Waals surface area (Å²) in [5.74, 6) is 0.730. The molecule has 0 saturated carbocycles. The predicted molar refractivity (Wildman–Crippen MR) is 110 cm³/mol. The molecule has 0 bridgehead atoms. The van der Waals surface area contributed by atoms with E-state index in [1.54, 1.807) is 23.8 Å². The first kappa shape index (κ1) is 15.5. The van der Waals surface area contributed by atoms with Gasteiger partial charge in [0.05, 0.1) is 16.7 Å². The van der Waals surface area contributed by atoms with Crippen LogP contribution in [0.15, 0.2) is 52.9 Å². The van der Waals surface area contributed by atoms with Gasteiger partial charge in [0.15, 0.2) is 11.4 Å². The fourth-order valence-corrected chi connectivity index (χ4v) is 5.11. The number of nitrogens with one attached hydrogen (secondary N) is 1. The van der Waals surface area contributed by atoms with E-state index < -0.39 is 0 Å². The molecule has 0 spiro atoms. The minimum Gasteiger partial charge on any atom is -0.460 e. The molecule has 128 valence electrons. The average Bonchev–Trinajstić information content (AvgIpc) is 3.34. The van der Waals surface area contributed by atoms with Gasteiger partial charge in [0, 0.05) is 50.1 Å². The highest BCUT2D eigenvalue weighted by atomic mass is 32.1. The quantitative estimate of drug-likeness (QED) is 0.388. The van der Waals surface area contributed by atoms with Crippen molar-refractivity contribution < 1.29 is 4.42 Å². The second-order valence-electron chi connectivity index (χ2n) is 6.16. The Bertz CT molecular complexity index is 1250. The molecule has 5 rings (SSSR count). The lowest BCUT2D eigenvalue weighted by Crippen LogP contribution is -1.93. The number of aromatic nitrogens is 2. The lowest BCUT2D eigenvalue weighted by Gasteiger charge is -2.08. The predicted octanol–water partition coefficient (Wildman–Crippen LogP) is 6.53. The van der Waals surface area contributed by atoms with E-state index in [-0.39, 0.29) is 0 Å². The van der Waals surface area contributed by atoms with E-state index in [1.165, 1.54) is 20.7 Å². The lowest BCUT2D eigenvalue weighted by molar-refractivity contribution is 0.615. The van der Waals surface area contributed by atoms with Crippen molar-refractivity contribution in [1.29, 1.82) is 0 Å². The average molecular weight is 377 g/mol. The summed E-state index contributed by atoms with van der Waals surface area (Å²) in [4.78, 5) is 11.5. The first-order chi connectivity index (χ1) is 12.7. The molecule has 0 aromatic carbocycles. The molecule has 1 N–H and O–H groups in total. The monoisotopic (exact) mass is 377 g/mol. The molecule has 0 amide bonds. The van der Waals surface area contributed by atoms with Gasteiger partial charge in [-0.15, -0.1) is 22.7 Å². The first-order valence-corrected chi connectivity index (χ1v) is 9.92. The summed E-state index contributed by atoms with van der Waals surface area (Å²) in [6, 6.07) is 6.13. The van der Waals surface area contributed by atoms with Crippen molar-refractivity contribution in [2.45, 2.75) is 13.8 Å². The lowest BCUT2D eigenvalue weighted by atomic mass is 10.0. The van der Waals surface area contributed by atoms with E-state index in [2.05, 4.69) is 40.6 Å². The maximum atomic E-state index is 5.61. The third-order valence-corrected chi connectivity index (χ3v) is 6.32. The van der Waals surface area contributed by atoms with Gasteiger partial charge in [-0.3, -0.25) is 4.98 Å². The van der Waals surface area contributed by atoms with E-state index in [0.717, 1.165) is 32.7 Å². The van der Waals surface area contributed by atoms with Crippen LogP contribution in [0.5, 0.6) is 0 Å². The zero-order valence-corrected chi connectivity index (χ0v) is 15.9. The first-order valence-electron chi connectivity index (χ1n) is 8.22. The molecular weight excluding hydrogens is 362 g/mol. The second-order valence-corrected chi connectivity index (χ2v) is 8.53. The Morgan fingerprint density at radius 1 is 1.12 bits per heavy atom. The molecule has 0 fully saturated rings. The maximum absolute atomic E-state index is 5.61. The van der Waals surface area contributed by atoms with Crippen molar-refractivity contribution in [2.75, 3.05) is 5.32 Å². The van der Waals surface area contributed by atoms with E-state index >= 15 is 0 Å². The number of furan rings is 1.